The zero-order valence-corrected chi connectivity index (χ0v) is 12.0. The van der Waals surface area contributed by atoms with Crippen LogP contribution in [0.3, 0.4) is 0 Å². The Labute approximate surface area is 122 Å². The highest BCUT2D eigenvalue weighted by atomic mass is 35.5. The summed E-state index contributed by atoms with van der Waals surface area (Å²) < 4.78 is 13.7. The van der Waals surface area contributed by atoms with Crippen molar-refractivity contribution in [2.45, 2.75) is 19.4 Å². The van der Waals surface area contributed by atoms with Gasteiger partial charge in [-0.25, -0.2) is 4.39 Å². The smallest absolute Gasteiger partial charge is 0.127 e. The summed E-state index contributed by atoms with van der Waals surface area (Å²) in [5.41, 5.74) is 8.31. The molecule has 0 heterocycles. The van der Waals surface area contributed by atoms with Crippen LogP contribution in [-0.4, -0.2) is 0 Å². The molecule has 0 saturated heterocycles. The van der Waals surface area contributed by atoms with Gasteiger partial charge in [-0.2, -0.15) is 0 Å². The molecule has 0 aliphatic carbocycles. The topological polar surface area (TPSA) is 26.0 Å². The average molecular weight is 298 g/mol. The van der Waals surface area contributed by atoms with Crippen LogP contribution in [0.1, 0.15) is 22.7 Å². The van der Waals surface area contributed by atoms with Crippen molar-refractivity contribution in [3.63, 3.8) is 0 Å². The molecule has 0 aromatic heterocycles. The molecule has 2 aromatic carbocycles. The number of hydrogen-bond donors (Lipinski definition) is 1. The van der Waals surface area contributed by atoms with Gasteiger partial charge in [0.1, 0.15) is 5.82 Å². The molecular formula is C15H14Cl2FN. The summed E-state index contributed by atoms with van der Waals surface area (Å²) in [5, 5.41) is 1.02. The Kier molecular flexibility index (Phi) is 4.46. The van der Waals surface area contributed by atoms with E-state index in [2.05, 4.69) is 0 Å². The second kappa shape index (κ2) is 5.91. The summed E-state index contributed by atoms with van der Waals surface area (Å²) in [4.78, 5) is 0. The van der Waals surface area contributed by atoms with Crippen LogP contribution in [-0.2, 0) is 6.42 Å². The predicted octanol–water partition coefficient (Wildman–Crippen LogP) is 4.68. The van der Waals surface area contributed by atoms with E-state index in [1.807, 2.05) is 25.1 Å². The van der Waals surface area contributed by atoms with Gasteiger partial charge in [0.2, 0.25) is 0 Å². The molecule has 100 valence electrons. The van der Waals surface area contributed by atoms with E-state index in [0.717, 1.165) is 11.1 Å². The van der Waals surface area contributed by atoms with Crippen molar-refractivity contribution in [2.75, 3.05) is 0 Å². The van der Waals surface area contributed by atoms with Gasteiger partial charge in [0.05, 0.1) is 0 Å². The van der Waals surface area contributed by atoms with Gasteiger partial charge in [-0.1, -0.05) is 47.5 Å². The minimum atomic E-state index is -0.387. The zero-order valence-electron chi connectivity index (χ0n) is 10.5. The van der Waals surface area contributed by atoms with Crippen LogP contribution in [0.5, 0.6) is 0 Å². The van der Waals surface area contributed by atoms with Crippen molar-refractivity contribution in [3.8, 4) is 0 Å². The molecule has 0 bridgehead atoms. The third-order valence-electron chi connectivity index (χ3n) is 3.11. The molecule has 4 heteroatoms. The average Bonchev–Trinajstić information content (AvgIpc) is 2.37. The maximum atomic E-state index is 13.7. The number of aryl methyl sites for hydroxylation is 1. The lowest BCUT2D eigenvalue weighted by Gasteiger charge is -2.16. The van der Waals surface area contributed by atoms with Gasteiger partial charge in [-0.15, -0.1) is 0 Å². The van der Waals surface area contributed by atoms with Crippen LogP contribution >= 0.6 is 23.2 Å². The molecule has 2 N–H and O–H groups in total. The number of hydrogen-bond acceptors (Lipinski definition) is 1. The van der Waals surface area contributed by atoms with Crippen molar-refractivity contribution in [1.82, 2.24) is 0 Å². The highest BCUT2D eigenvalue weighted by molar-refractivity contribution is 6.32. The van der Waals surface area contributed by atoms with E-state index in [9.17, 15) is 4.39 Å². The number of halogens is 3. The largest absolute Gasteiger partial charge is 0.324 e. The van der Waals surface area contributed by atoms with Crippen LogP contribution in [0.2, 0.25) is 10.0 Å². The second-order valence-electron chi connectivity index (χ2n) is 4.49. The van der Waals surface area contributed by atoms with Gasteiger partial charge in [-0.3, -0.25) is 0 Å². The summed E-state index contributed by atoms with van der Waals surface area (Å²) in [6.07, 6.45) is 0.314. The first-order chi connectivity index (χ1) is 9.00. The van der Waals surface area contributed by atoms with Gasteiger partial charge in [0, 0.05) is 21.7 Å². The van der Waals surface area contributed by atoms with E-state index in [-0.39, 0.29) is 11.9 Å². The van der Waals surface area contributed by atoms with Crippen molar-refractivity contribution in [2.24, 2.45) is 5.73 Å². The van der Waals surface area contributed by atoms with Gasteiger partial charge in [-0.05, 0) is 36.6 Å². The fraction of sp³-hybridized carbons (Fsp3) is 0.200. The third-order valence-corrected chi connectivity index (χ3v) is 3.98. The lowest BCUT2D eigenvalue weighted by molar-refractivity contribution is 0.593. The molecule has 2 aromatic rings. The predicted molar refractivity (Wildman–Crippen MR) is 78.2 cm³/mol. The summed E-state index contributed by atoms with van der Waals surface area (Å²) in [7, 11) is 0. The van der Waals surface area contributed by atoms with Gasteiger partial charge in [0.15, 0.2) is 0 Å². The molecule has 19 heavy (non-hydrogen) atoms. The molecule has 0 radical (unpaired) electrons. The molecular weight excluding hydrogens is 284 g/mol. The quantitative estimate of drug-likeness (QED) is 0.874. The molecule has 1 nitrogen and oxygen atoms in total. The van der Waals surface area contributed by atoms with Crippen molar-refractivity contribution in [3.05, 3.63) is 69.0 Å². The molecule has 1 unspecified atom stereocenters. The summed E-state index contributed by atoms with van der Waals surface area (Å²) >= 11 is 12.2. The Bertz CT molecular complexity index is 578. The minimum absolute atomic E-state index is 0.314. The Balaban J connectivity index is 2.31. The van der Waals surface area contributed by atoms with Crippen LogP contribution < -0.4 is 5.73 Å². The molecule has 0 fully saturated rings. The molecule has 0 saturated carbocycles. The first-order valence-electron chi connectivity index (χ1n) is 5.94. The molecule has 0 amide bonds. The molecule has 0 spiro atoms. The zero-order chi connectivity index (χ0) is 14.0. The standard InChI is InChI=1S/C15H14Cl2FN/c1-9-4-2-5-10(15(9)17)14(19)8-11-12(16)6-3-7-13(11)18/h2-7,14H,8,19H2,1H3. The molecule has 1 atom stereocenters. The molecule has 0 aliphatic heterocycles. The van der Waals surface area contributed by atoms with Crippen molar-refractivity contribution < 1.29 is 4.39 Å². The highest BCUT2D eigenvalue weighted by Crippen LogP contribution is 2.29. The van der Waals surface area contributed by atoms with Crippen molar-refractivity contribution in [1.29, 1.82) is 0 Å². The molecule has 2 rings (SSSR count). The van der Waals surface area contributed by atoms with E-state index in [4.69, 9.17) is 28.9 Å². The second-order valence-corrected chi connectivity index (χ2v) is 5.27. The summed E-state index contributed by atoms with van der Waals surface area (Å²) in [6.45, 7) is 1.91. The first-order valence-corrected chi connectivity index (χ1v) is 6.69. The van der Waals surface area contributed by atoms with Gasteiger partial charge in [0.25, 0.3) is 0 Å². The minimum Gasteiger partial charge on any atom is -0.324 e. The first kappa shape index (κ1) is 14.3. The maximum absolute atomic E-state index is 13.7. The van der Waals surface area contributed by atoms with E-state index >= 15 is 0 Å². The lowest BCUT2D eigenvalue weighted by Crippen LogP contribution is -2.15. The van der Waals surface area contributed by atoms with Gasteiger partial charge >= 0.3 is 0 Å². The Morgan fingerprint density at radius 1 is 1.16 bits per heavy atom. The number of rotatable bonds is 3. The maximum Gasteiger partial charge on any atom is 0.127 e. The lowest BCUT2D eigenvalue weighted by atomic mass is 9.98. The Hall–Kier alpha value is -1.09. The Morgan fingerprint density at radius 3 is 2.53 bits per heavy atom. The van der Waals surface area contributed by atoms with E-state index in [1.165, 1.54) is 6.07 Å². The fourth-order valence-electron chi connectivity index (χ4n) is 2.01. The van der Waals surface area contributed by atoms with Gasteiger partial charge < -0.3 is 5.73 Å². The monoisotopic (exact) mass is 297 g/mol. The summed E-state index contributed by atoms with van der Waals surface area (Å²) in [6, 6.07) is 9.88. The van der Waals surface area contributed by atoms with Crippen LogP contribution in [0, 0.1) is 12.7 Å². The molecule has 0 aliphatic rings. The SMILES string of the molecule is Cc1cccc(C(N)Cc2c(F)cccc2Cl)c1Cl. The normalized spacial score (nSPS) is 12.5. The number of benzene rings is 2. The van der Waals surface area contributed by atoms with E-state index < -0.39 is 0 Å². The third kappa shape index (κ3) is 3.08. The van der Waals surface area contributed by atoms with Crippen LogP contribution in [0.4, 0.5) is 4.39 Å². The fourth-order valence-corrected chi connectivity index (χ4v) is 2.52. The van der Waals surface area contributed by atoms with Crippen molar-refractivity contribution >= 4 is 23.2 Å². The van der Waals surface area contributed by atoms with E-state index in [1.54, 1.807) is 12.1 Å². The number of nitrogens with two attached hydrogens (primary N) is 1. The van der Waals surface area contributed by atoms with E-state index in [0.29, 0.717) is 22.0 Å². The summed E-state index contributed by atoms with van der Waals surface area (Å²) in [5.74, 6) is -0.341. The van der Waals surface area contributed by atoms with Crippen LogP contribution in [0.25, 0.3) is 0 Å². The van der Waals surface area contributed by atoms with Crippen LogP contribution in [0.15, 0.2) is 36.4 Å². The highest BCUT2D eigenvalue weighted by Gasteiger charge is 2.16. The Morgan fingerprint density at radius 2 is 1.84 bits per heavy atom.